The Bertz CT molecular complexity index is 4260. The first-order valence-corrected chi connectivity index (χ1v) is 36.9. The normalized spacial score (nSPS) is 14.3. The Balaban J connectivity index is 0.966. The lowest BCUT2D eigenvalue weighted by atomic mass is 9.70. The van der Waals surface area contributed by atoms with Crippen LogP contribution in [0.4, 0.5) is 17.1 Å². The minimum Gasteiger partial charge on any atom is -0.477 e. The van der Waals surface area contributed by atoms with E-state index < -0.39 is 5.97 Å². The number of carboxylic acids is 1. The smallest absolute Gasteiger partial charge is 0.346 e. The average Bonchev–Trinajstić information content (AvgIpc) is 1.56. The highest BCUT2D eigenvalue weighted by atomic mass is 32.1. The van der Waals surface area contributed by atoms with E-state index in [4.69, 9.17) is 0 Å². The third-order valence-electron chi connectivity index (χ3n) is 20.8. The Morgan fingerprint density at radius 1 is 0.402 bits per heavy atom. The Morgan fingerprint density at radius 2 is 0.793 bits per heavy atom. The molecule has 7 heteroatoms. The first-order chi connectivity index (χ1) is 45.1. The first kappa shape index (κ1) is 62.9. The summed E-state index contributed by atoms with van der Waals surface area (Å²) < 4.78 is 0. The van der Waals surface area contributed by atoms with Gasteiger partial charge in [0, 0.05) is 63.3 Å². The fraction of sp³-hybridized carbons (Fsp3) is 0.318. The summed E-state index contributed by atoms with van der Waals surface area (Å²) >= 11 is 5.17. The molecule has 0 saturated heterocycles. The number of benzene rings is 7. The lowest BCUT2D eigenvalue weighted by Gasteiger charge is -2.35. The number of anilines is 3. The van der Waals surface area contributed by atoms with Gasteiger partial charge < -0.3 is 10.0 Å². The van der Waals surface area contributed by atoms with E-state index in [1.165, 1.54) is 191 Å². The van der Waals surface area contributed by atoms with Crippen LogP contribution in [0.5, 0.6) is 0 Å². The van der Waals surface area contributed by atoms with Crippen LogP contribution in [-0.2, 0) is 21.0 Å². The molecule has 466 valence electrons. The van der Waals surface area contributed by atoms with Crippen molar-refractivity contribution in [2.75, 3.05) is 4.90 Å². The molecule has 0 unspecified atom stereocenters. The number of thiophene rings is 3. The summed E-state index contributed by atoms with van der Waals surface area (Å²) in [7, 11) is 0. The van der Waals surface area contributed by atoms with Gasteiger partial charge in [-0.05, 0) is 195 Å². The second-order valence-electron chi connectivity index (χ2n) is 26.3. The molecule has 13 rings (SSSR count). The quantitative estimate of drug-likeness (QED) is 0.0412. The second-order valence-corrected chi connectivity index (χ2v) is 29.6. The molecule has 3 heterocycles. The molecule has 3 aromatic heterocycles. The Hall–Kier alpha value is -7.86. The zero-order valence-electron chi connectivity index (χ0n) is 54.6. The molecule has 3 aliphatic carbocycles. The van der Waals surface area contributed by atoms with Crippen LogP contribution in [0, 0.1) is 11.3 Å². The summed E-state index contributed by atoms with van der Waals surface area (Å²) in [5.41, 5.74) is 24.0. The first-order valence-electron chi connectivity index (χ1n) is 34.4. The molecule has 4 nitrogen and oxygen atoms in total. The Morgan fingerprint density at radius 3 is 1.25 bits per heavy atom. The van der Waals surface area contributed by atoms with Crippen molar-refractivity contribution in [3.8, 4) is 80.5 Å². The van der Waals surface area contributed by atoms with Crippen molar-refractivity contribution in [2.45, 2.75) is 173 Å². The van der Waals surface area contributed by atoms with Gasteiger partial charge in [0.2, 0.25) is 0 Å². The Labute approximate surface area is 559 Å². The number of carbonyl (C=O) groups is 1. The number of aliphatic carboxylic acids is 1. The van der Waals surface area contributed by atoms with E-state index in [-0.39, 0.29) is 21.8 Å². The van der Waals surface area contributed by atoms with Crippen LogP contribution < -0.4 is 4.90 Å². The molecule has 0 atom stereocenters. The van der Waals surface area contributed by atoms with Crippen LogP contribution in [0.15, 0.2) is 188 Å². The summed E-state index contributed by atoms with van der Waals surface area (Å²) in [6.45, 7) is 14.1. The van der Waals surface area contributed by atoms with Gasteiger partial charge in [0.25, 0.3) is 0 Å². The molecule has 0 bridgehead atoms. The molecule has 0 aliphatic heterocycles. The lowest BCUT2D eigenvalue weighted by Crippen LogP contribution is -2.26. The average molecular weight is 1260 g/mol. The molecule has 0 saturated carbocycles. The van der Waals surface area contributed by atoms with Crippen molar-refractivity contribution in [3.05, 3.63) is 226 Å². The summed E-state index contributed by atoms with van der Waals surface area (Å²) in [6, 6.07) is 72.5. The molecule has 7 aromatic carbocycles. The fourth-order valence-electron chi connectivity index (χ4n) is 16.2. The van der Waals surface area contributed by atoms with Crippen LogP contribution in [0.2, 0.25) is 0 Å². The van der Waals surface area contributed by atoms with E-state index in [1.54, 1.807) is 11.3 Å². The molecule has 10 aromatic rings. The van der Waals surface area contributed by atoms with Gasteiger partial charge in [-0.1, -0.05) is 228 Å². The predicted molar refractivity (Wildman–Crippen MR) is 394 cm³/mol. The standard InChI is InChI=1S/C85H86N2O2S3/c1-7-13-45-83(46-14-8-2)71-28-22-19-25-64(71)67-39-33-58(52-74(67)83)70-55-80(92-81(70)79-44-43-78(91-79)77-42-38-63(90-77)51-59(56-86)82(88)89)57-31-34-60(35-32-57)87(61-36-40-68-65-26-20-23-29-72(65)84(47-15-9-3,48-16-10-4)75(68)53-61)62-37-41-69-66-27-21-24-30-73(66)85(49-17-11-5,50-18-12-6)76(69)54-62/h19-44,51-55H,7-18,45-50H2,1-6H3,(H,88,89). The van der Waals surface area contributed by atoms with Gasteiger partial charge in [-0.25, -0.2) is 4.79 Å². The molecule has 3 aliphatic rings. The number of rotatable bonds is 27. The van der Waals surface area contributed by atoms with E-state index >= 15 is 0 Å². The van der Waals surface area contributed by atoms with E-state index in [2.05, 4.69) is 216 Å². The largest absolute Gasteiger partial charge is 0.477 e. The fourth-order valence-corrected chi connectivity index (χ4v) is 19.6. The number of hydrogen-bond donors (Lipinski definition) is 1. The van der Waals surface area contributed by atoms with Crippen molar-refractivity contribution < 1.29 is 9.90 Å². The number of hydrogen-bond acceptors (Lipinski definition) is 6. The zero-order chi connectivity index (χ0) is 63.6. The van der Waals surface area contributed by atoms with E-state index in [9.17, 15) is 15.2 Å². The van der Waals surface area contributed by atoms with Gasteiger partial charge in [-0.15, -0.1) is 34.0 Å². The number of nitriles is 1. The maximum atomic E-state index is 11.8. The monoisotopic (exact) mass is 1260 g/mol. The molecule has 0 amide bonds. The SMILES string of the molecule is CCCCC1(CCCC)c2ccccc2-c2ccc(-c3cc(-c4ccc(N(c5ccc6c(c5)C(CCCC)(CCCC)c5ccccc5-6)c5ccc6c(c5)C(CCCC)(CCCC)c5ccccc5-6)cc4)sc3-c3ccc(-c4ccc(C=C(C#N)C(=O)O)s4)s3)cc21. The van der Waals surface area contributed by atoms with Gasteiger partial charge in [-0.2, -0.15) is 5.26 Å². The number of nitrogens with zero attached hydrogens (tertiary/aromatic N) is 2. The molecule has 0 spiro atoms. The third-order valence-corrected chi connectivity index (χ3v) is 24.5. The maximum Gasteiger partial charge on any atom is 0.346 e. The summed E-state index contributed by atoms with van der Waals surface area (Å²) in [5.74, 6) is -1.22. The van der Waals surface area contributed by atoms with Crippen LogP contribution in [0.1, 0.15) is 195 Å². The molecule has 1 N–H and O–H groups in total. The van der Waals surface area contributed by atoms with Gasteiger partial charge in [0.1, 0.15) is 11.6 Å². The van der Waals surface area contributed by atoms with Crippen molar-refractivity contribution >= 4 is 63.1 Å². The predicted octanol–water partition coefficient (Wildman–Crippen LogP) is 25.9. The van der Waals surface area contributed by atoms with Crippen molar-refractivity contribution in [1.82, 2.24) is 0 Å². The van der Waals surface area contributed by atoms with Crippen molar-refractivity contribution in [3.63, 3.8) is 0 Å². The molecule has 92 heavy (non-hydrogen) atoms. The topological polar surface area (TPSA) is 64.3 Å². The zero-order valence-corrected chi connectivity index (χ0v) is 57.0. The molecule has 0 fully saturated rings. The van der Waals surface area contributed by atoms with Gasteiger partial charge >= 0.3 is 5.97 Å². The summed E-state index contributed by atoms with van der Waals surface area (Å²) in [5, 5.41) is 19.3. The maximum absolute atomic E-state index is 11.8. The summed E-state index contributed by atoms with van der Waals surface area (Å²) in [4.78, 5) is 21.0. The van der Waals surface area contributed by atoms with E-state index in [0.717, 1.165) is 71.7 Å². The number of fused-ring (bicyclic) bond motifs is 9. The lowest BCUT2D eigenvalue weighted by molar-refractivity contribution is -0.132. The van der Waals surface area contributed by atoms with Crippen LogP contribution in [-0.4, -0.2) is 11.1 Å². The van der Waals surface area contributed by atoms with Gasteiger partial charge in [0.15, 0.2) is 0 Å². The van der Waals surface area contributed by atoms with Gasteiger partial charge in [0.05, 0.1) is 4.88 Å². The minimum atomic E-state index is -1.22. The molecule has 0 radical (unpaired) electrons. The highest BCUT2D eigenvalue weighted by molar-refractivity contribution is 7.27. The molecular formula is C85H86N2O2S3. The third kappa shape index (κ3) is 11.2. The van der Waals surface area contributed by atoms with E-state index in [0.29, 0.717) is 0 Å². The van der Waals surface area contributed by atoms with Crippen LogP contribution in [0.3, 0.4) is 0 Å². The molecular weight excluding hydrogens is 1180 g/mol. The Kier molecular flexibility index (Phi) is 18.5. The second kappa shape index (κ2) is 27.0. The van der Waals surface area contributed by atoms with Gasteiger partial charge in [-0.3, -0.25) is 0 Å². The van der Waals surface area contributed by atoms with Crippen LogP contribution in [0.25, 0.3) is 80.5 Å². The number of unbranched alkanes of at least 4 members (excludes halogenated alkanes) is 6. The minimum absolute atomic E-state index is 0.0488. The van der Waals surface area contributed by atoms with Crippen LogP contribution >= 0.6 is 34.0 Å². The van der Waals surface area contributed by atoms with E-state index in [1.807, 2.05) is 29.5 Å². The highest BCUT2D eigenvalue weighted by Gasteiger charge is 2.45. The van der Waals surface area contributed by atoms with Crippen molar-refractivity contribution in [1.29, 1.82) is 5.26 Å². The highest BCUT2D eigenvalue weighted by Crippen LogP contribution is 2.60. The summed E-state index contributed by atoms with van der Waals surface area (Å²) in [6.07, 6.45) is 22.4. The van der Waals surface area contributed by atoms with Crippen molar-refractivity contribution in [2.24, 2.45) is 0 Å². The number of carboxylic acid groups (broad SMARTS) is 1.